The van der Waals surface area contributed by atoms with E-state index in [1.807, 2.05) is 0 Å². The van der Waals surface area contributed by atoms with Crippen LogP contribution in [0, 0.1) is 0 Å². The second-order valence-electron chi connectivity index (χ2n) is 9.91. The summed E-state index contributed by atoms with van der Waals surface area (Å²) in [4.78, 5) is 0. The van der Waals surface area contributed by atoms with Crippen LogP contribution in [-0.2, 0) is 4.43 Å². The fourth-order valence-corrected chi connectivity index (χ4v) is 20.6. The molecule has 0 aromatic heterocycles. The predicted molar refractivity (Wildman–Crippen MR) is 126 cm³/mol. The van der Waals surface area contributed by atoms with Gasteiger partial charge in [-0.05, 0) is 0 Å². The summed E-state index contributed by atoms with van der Waals surface area (Å²) in [6.07, 6.45) is 10.8. The molecule has 0 unspecified atom stereocenters. The van der Waals surface area contributed by atoms with Gasteiger partial charge in [0.25, 0.3) is 0 Å². The Morgan fingerprint density at radius 2 is 1.27 bits per heavy atom. The van der Waals surface area contributed by atoms with Gasteiger partial charge in [-0.25, -0.2) is 0 Å². The quantitative estimate of drug-likeness (QED) is 0.165. The molecule has 0 aromatic carbocycles. The molecule has 0 rings (SSSR count). The maximum absolute atomic E-state index is 6.42. The zero-order valence-corrected chi connectivity index (χ0v) is 23.5. The minimum absolute atomic E-state index is 0.316. The van der Waals surface area contributed by atoms with E-state index in [1.165, 1.54) is 51.4 Å². The molecule has 26 heavy (non-hydrogen) atoms. The van der Waals surface area contributed by atoms with Gasteiger partial charge < -0.3 is 0 Å². The third-order valence-corrected chi connectivity index (χ3v) is 27.4. The molecular weight excluding hydrogens is 439 g/mol. The van der Waals surface area contributed by atoms with Crippen molar-refractivity contribution in [3.63, 3.8) is 0 Å². The molecule has 0 spiro atoms. The minimum atomic E-state index is -2.21. The first kappa shape index (κ1) is 26.7. The number of hydrogen-bond donors (Lipinski definition) is 0. The maximum atomic E-state index is 6.42. The van der Waals surface area contributed by atoms with Crippen LogP contribution in [0.4, 0.5) is 0 Å². The van der Waals surface area contributed by atoms with Crippen molar-refractivity contribution in [2.45, 2.75) is 124 Å². The molecule has 0 saturated carbocycles. The Hall–Kier alpha value is 0.716. The first-order valence-electron chi connectivity index (χ1n) is 11.4. The molecule has 0 aromatic rings. The van der Waals surface area contributed by atoms with Crippen LogP contribution in [0.5, 0.6) is 0 Å². The molecule has 0 aliphatic heterocycles. The zero-order chi connectivity index (χ0) is 20.3. The van der Waals surface area contributed by atoms with Gasteiger partial charge in [0, 0.05) is 0 Å². The fraction of sp³-hybridized carbons (Fsp3) is 0.913. The average Bonchev–Trinajstić information content (AvgIpc) is 2.57. The standard InChI is InChI=1S/C11H23OSi.3C4H9.Sn/c1-7-8-9-10-12-13(5,6)11(2,3)4;3*1-3-4-2;/h1,8-10H2,2-6H3;3*1,3-4H2,2H3;. The van der Waals surface area contributed by atoms with Gasteiger partial charge in [-0.1, -0.05) is 0 Å². The van der Waals surface area contributed by atoms with Crippen molar-refractivity contribution < 1.29 is 4.43 Å². The monoisotopic (exact) mass is 490 g/mol. The summed E-state index contributed by atoms with van der Waals surface area (Å²) in [5.74, 6) is 0. The molecule has 0 atom stereocenters. The third kappa shape index (κ3) is 9.27. The van der Waals surface area contributed by atoms with Crippen LogP contribution in [0.25, 0.3) is 0 Å². The normalized spacial score (nSPS) is 13.2. The van der Waals surface area contributed by atoms with Crippen molar-refractivity contribution in [3.8, 4) is 0 Å². The van der Waals surface area contributed by atoms with E-state index in [-0.39, 0.29) is 0 Å². The molecular formula is C23H50OSiSn. The molecule has 0 radical (unpaired) electrons. The van der Waals surface area contributed by atoms with E-state index in [2.05, 4.69) is 54.6 Å². The van der Waals surface area contributed by atoms with Crippen molar-refractivity contribution in [2.75, 3.05) is 6.61 Å². The Morgan fingerprint density at radius 1 is 0.846 bits per heavy atom. The molecule has 0 bridgehead atoms. The van der Waals surface area contributed by atoms with Crippen molar-refractivity contribution in [1.82, 2.24) is 0 Å². The van der Waals surface area contributed by atoms with E-state index < -0.39 is 26.7 Å². The SMILES string of the molecule is C=[C](CCCO[Si](C)(C)C(C)(C)C)[Sn]([CH2]CCC)([CH2]CCC)[CH2]CCC. The molecule has 0 saturated heterocycles. The number of unbranched alkanes of at least 4 members (excludes halogenated alkanes) is 3. The van der Waals surface area contributed by atoms with Crippen molar-refractivity contribution in [1.29, 1.82) is 0 Å². The summed E-state index contributed by atoms with van der Waals surface area (Å²) in [5.41, 5.74) is 0. The number of hydrogen-bond acceptors (Lipinski definition) is 1. The first-order chi connectivity index (χ1) is 12.1. The molecule has 0 N–H and O–H groups in total. The Balaban J connectivity index is 4.83. The summed E-state index contributed by atoms with van der Waals surface area (Å²) in [7, 11) is -1.60. The summed E-state index contributed by atoms with van der Waals surface area (Å²) in [6, 6.07) is 0. The Labute approximate surface area is 171 Å². The number of allylic oxidation sites excluding steroid dienone is 1. The molecule has 0 aliphatic rings. The Bertz CT molecular complexity index is 362. The summed E-state index contributed by atoms with van der Waals surface area (Å²) in [6.45, 7) is 24.5. The second kappa shape index (κ2) is 13.0. The van der Waals surface area contributed by atoms with Crippen molar-refractivity contribution in [2.24, 2.45) is 0 Å². The van der Waals surface area contributed by atoms with Crippen LogP contribution in [0.1, 0.15) is 92.9 Å². The van der Waals surface area contributed by atoms with E-state index in [0.717, 1.165) is 6.61 Å². The fourth-order valence-electron chi connectivity index (χ4n) is 3.55. The summed E-state index contributed by atoms with van der Waals surface area (Å²) in [5, 5.41) is 0.316. The van der Waals surface area contributed by atoms with Gasteiger partial charge in [0.05, 0.1) is 0 Å². The van der Waals surface area contributed by atoms with E-state index in [4.69, 9.17) is 11.0 Å². The van der Waals surface area contributed by atoms with Gasteiger partial charge in [0.15, 0.2) is 0 Å². The molecule has 0 heterocycles. The molecule has 0 amide bonds. The van der Waals surface area contributed by atoms with Crippen LogP contribution in [-0.4, -0.2) is 33.3 Å². The van der Waals surface area contributed by atoms with Gasteiger partial charge in [0.1, 0.15) is 0 Å². The van der Waals surface area contributed by atoms with Crippen LogP contribution in [0.3, 0.4) is 0 Å². The zero-order valence-electron chi connectivity index (χ0n) is 19.6. The van der Waals surface area contributed by atoms with Crippen LogP contribution < -0.4 is 0 Å². The summed E-state index contributed by atoms with van der Waals surface area (Å²) >= 11 is -2.21. The molecule has 3 heteroatoms. The van der Waals surface area contributed by atoms with E-state index in [9.17, 15) is 0 Å². The first-order valence-corrected chi connectivity index (χ1v) is 21.8. The predicted octanol–water partition coefficient (Wildman–Crippen LogP) is 8.73. The second-order valence-corrected chi connectivity index (χ2v) is 28.3. The van der Waals surface area contributed by atoms with Gasteiger partial charge >= 0.3 is 172 Å². The number of rotatable bonds is 15. The summed E-state index contributed by atoms with van der Waals surface area (Å²) < 4.78 is 12.8. The Morgan fingerprint density at radius 3 is 1.62 bits per heavy atom. The van der Waals surface area contributed by atoms with Crippen molar-refractivity contribution in [3.05, 3.63) is 10.2 Å². The van der Waals surface area contributed by atoms with Crippen LogP contribution in [0.2, 0.25) is 31.4 Å². The van der Waals surface area contributed by atoms with Gasteiger partial charge in [-0.3, -0.25) is 0 Å². The molecule has 1 nitrogen and oxygen atoms in total. The van der Waals surface area contributed by atoms with E-state index in [0.29, 0.717) is 5.04 Å². The van der Waals surface area contributed by atoms with E-state index in [1.54, 1.807) is 16.9 Å². The average molecular weight is 489 g/mol. The van der Waals surface area contributed by atoms with Gasteiger partial charge in [0.2, 0.25) is 0 Å². The van der Waals surface area contributed by atoms with Gasteiger partial charge in [-0.15, -0.1) is 0 Å². The molecule has 0 aliphatic carbocycles. The van der Waals surface area contributed by atoms with Crippen molar-refractivity contribution >= 4 is 26.7 Å². The third-order valence-electron chi connectivity index (χ3n) is 6.67. The van der Waals surface area contributed by atoms with Gasteiger partial charge in [-0.2, -0.15) is 0 Å². The Kier molecular flexibility index (Phi) is 13.4. The van der Waals surface area contributed by atoms with E-state index >= 15 is 0 Å². The van der Waals surface area contributed by atoms with Crippen LogP contribution in [0.15, 0.2) is 10.2 Å². The molecule has 0 fully saturated rings. The topological polar surface area (TPSA) is 9.23 Å². The van der Waals surface area contributed by atoms with Crippen LogP contribution >= 0.6 is 0 Å². The molecule has 156 valence electrons.